The summed E-state index contributed by atoms with van der Waals surface area (Å²) in [5.74, 6) is -0.226. The average molecular weight is 607 g/mol. The Morgan fingerprint density at radius 3 is 2.41 bits per heavy atom. The normalized spacial score (nSPS) is 19.4. The maximum absolute atomic E-state index is 13.7. The summed E-state index contributed by atoms with van der Waals surface area (Å²) in [6.45, 7) is 5.58. The average Bonchev–Trinajstić information content (AvgIpc) is 2.96. The largest absolute Gasteiger partial charge is 0.390 e. The second kappa shape index (κ2) is 15.2. The Hall–Kier alpha value is -2.33. The molecule has 0 spiro atoms. The van der Waals surface area contributed by atoms with E-state index >= 15 is 0 Å². The fraction of sp³-hybridized carbons (Fsp3) is 0.581. The number of aliphatic hydroxyl groups is 1. The van der Waals surface area contributed by atoms with Crippen molar-refractivity contribution in [2.24, 2.45) is 0 Å². The number of hydrogen-bond donors (Lipinski definition) is 4. The number of amides is 1. The number of halogens is 1. The quantitative estimate of drug-likeness (QED) is 0.274. The van der Waals surface area contributed by atoms with E-state index in [0.29, 0.717) is 49.4 Å². The van der Waals surface area contributed by atoms with Crippen molar-refractivity contribution in [3.63, 3.8) is 0 Å². The van der Waals surface area contributed by atoms with Gasteiger partial charge in [0.2, 0.25) is 10.0 Å². The number of anilines is 2. The summed E-state index contributed by atoms with van der Waals surface area (Å²) < 4.78 is 27.1. The van der Waals surface area contributed by atoms with Gasteiger partial charge in [-0.25, -0.2) is 8.42 Å². The lowest BCUT2D eigenvalue weighted by atomic mass is 9.79. The monoisotopic (exact) mass is 606 g/mol. The lowest BCUT2D eigenvalue weighted by molar-refractivity contribution is 0.0788. The van der Waals surface area contributed by atoms with Crippen molar-refractivity contribution in [1.29, 1.82) is 0 Å². The summed E-state index contributed by atoms with van der Waals surface area (Å²) in [5.41, 5.74) is 2.61. The lowest BCUT2D eigenvalue weighted by Gasteiger charge is -2.39. The third kappa shape index (κ3) is 8.83. The molecule has 1 saturated carbocycles. The van der Waals surface area contributed by atoms with Crippen LogP contribution >= 0.6 is 12.4 Å². The van der Waals surface area contributed by atoms with Crippen LogP contribution in [0.2, 0.25) is 0 Å². The van der Waals surface area contributed by atoms with Gasteiger partial charge >= 0.3 is 0 Å². The second-order valence-electron chi connectivity index (χ2n) is 11.3. The van der Waals surface area contributed by atoms with E-state index in [0.717, 1.165) is 31.2 Å². The Balaban J connectivity index is 0.00000462. The number of aliphatic hydroxyl groups excluding tert-OH is 1. The fourth-order valence-corrected chi connectivity index (χ4v) is 7.64. The molecule has 41 heavy (non-hydrogen) atoms. The van der Waals surface area contributed by atoms with Crippen LogP contribution in [-0.2, 0) is 16.4 Å². The van der Waals surface area contributed by atoms with Gasteiger partial charge in [-0.2, -0.15) is 0 Å². The van der Waals surface area contributed by atoms with E-state index in [1.807, 2.05) is 37.3 Å². The van der Waals surface area contributed by atoms with Crippen molar-refractivity contribution in [3.05, 3.63) is 59.7 Å². The summed E-state index contributed by atoms with van der Waals surface area (Å²) in [6, 6.07) is 14.5. The van der Waals surface area contributed by atoms with E-state index in [1.54, 1.807) is 18.2 Å². The molecular weight excluding hydrogens is 560 g/mol. The molecule has 0 unspecified atom stereocenters. The van der Waals surface area contributed by atoms with Crippen molar-refractivity contribution in [3.8, 4) is 0 Å². The molecule has 0 bridgehead atoms. The van der Waals surface area contributed by atoms with Crippen LogP contribution in [0.3, 0.4) is 0 Å². The molecule has 8 nitrogen and oxygen atoms in total. The van der Waals surface area contributed by atoms with Gasteiger partial charge in [0.15, 0.2) is 0 Å². The molecule has 1 aliphatic carbocycles. The highest BCUT2D eigenvalue weighted by Crippen LogP contribution is 2.31. The van der Waals surface area contributed by atoms with Crippen LogP contribution in [0.25, 0.3) is 0 Å². The number of carbonyl (C=O) groups excluding carboxylic acids is 1. The van der Waals surface area contributed by atoms with Gasteiger partial charge in [0.05, 0.1) is 23.6 Å². The van der Waals surface area contributed by atoms with E-state index in [2.05, 4.69) is 22.9 Å². The maximum Gasteiger partial charge on any atom is 0.251 e. The predicted molar refractivity (Wildman–Crippen MR) is 170 cm³/mol. The Bertz CT molecular complexity index is 1220. The van der Waals surface area contributed by atoms with Crippen molar-refractivity contribution in [2.75, 3.05) is 35.0 Å². The molecule has 228 valence electrons. The zero-order chi connectivity index (χ0) is 28.6. The van der Waals surface area contributed by atoms with Gasteiger partial charge in [0.25, 0.3) is 5.91 Å². The summed E-state index contributed by atoms with van der Waals surface area (Å²) in [5, 5.41) is 21.4. The predicted octanol–water partition coefficient (Wildman–Crippen LogP) is 4.87. The van der Waals surface area contributed by atoms with Crippen molar-refractivity contribution in [2.45, 2.75) is 89.3 Å². The number of carbonyl (C=O) groups is 1. The molecule has 2 aromatic carbocycles. The van der Waals surface area contributed by atoms with Crippen LogP contribution < -0.4 is 20.3 Å². The molecule has 2 aliphatic rings. The molecule has 1 aliphatic heterocycles. The molecule has 0 aromatic heterocycles. The van der Waals surface area contributed by atoms with Crippen LogP contribution in [0, 0.1) is 0 Å². The van der Waals surface area contributed by atoms with E-state index in [9.17, 15) is 18.3 Å². The Labute approximate surface area is 252 Å². The minimum absolute atomic E-state index is 0. The SMILES string of the molecule is CCNc1cc(C(=O)N[C@@H](Cc2ccccc2)[C@H](O)CNC2(CC)CCCCC2)cc(N2CCCCS2(=O)=O)c1.Cl. The molecule has 2 atom stereocenters. The highest BCUT2D eigenvalue weighted by molar-refractivity contribution is 7.92. The smallest absolute Gasteiger partial charge is 0.251 e. The Kier molecular flexibility index (Phi) is 12.3. The van der Waals surface area contributed by atoms with Gasteiger partial charge < -0.3 is 21.1 Å². The van der Waals surface area contributed by atoms with Crippen molar-refractivity contribution >= 4 is 39.7 Å². The minimum atomic E-state index is -3.43. The minimum Gasteiger partial charge on any atom is -0.390 e. The molecule has 10 heteroatoms. The fourth-order valence-electron chi connectivity index (χ4n) is 6.02. The first-order chi connectivity index (χ1) is 19.2. The van der Waals surface area contributed by atoms with Gasteiger partial charge in [-0.15, -0.1) is 12.4 Å². The molecule has 4 rings (SSSR count). The number of benzene rings is 2. The third-order valence-electron chi connectivity index (χ3n) is 8.45. The molecule has 1 heterocycles. The summed E-state index contributed by atoms with van der Waals surface area (Å²) in [6.07, 6.45) is 7.96. The summed E-state index contributed by atoms with van der Waals surface area (Å²) in [7, 11) is -3.43. The molecule has 2 fully saturated rings. The van der Waals surface area contributed by atoms with Crippen LogP contribution in [0.5, 0.6) is 0 Å². The first kappa shape index (κ1) is 33.2. The Morgan fingerprint density at radius 1 is 1.02 bits per heavy atom. The topological polar surface area (TPSA) is 111 Å². The van der Waals surface area contributed by atoms with E-state index in [-0.39, 0.29) is 29.6 Å². The lowest BCUT2D eigenvalue weighted by Crippen LogP contribution is -2.54. The Morgan fingerprint density at radius 2 is 1.76 bits per heavy atom. The molecule has 1 amide bonds. The first-order valence-corrected chi connectivity index (χ1v) is 16.5. The van der Waals surface area contributed by atoms with E-state index in [1.165, 1.54) is 23.6 Å². The number of rotatable bonds is 12. The van der Waals surface area contributed by atoms with E-state index < -0.39 is 22.2 Å². The molecule has 4 N–H and O–H groups in total. The van der Waals surface area contributed by atoms with Gasteiger partial charge in [-0.1, -0.05) is 56.5 Å². The highest BCUT2D eigenvalue weighted by atomic mass is 35.5. The number of nitrogens with one attached hydrogen (secondary N) is 3. The molecule has 2 aromatic rings. The molecular formula is C31H47ClN4O4S. The third-order valence-corrected chi connectivity index (χ3v) is 10.3. The van der Waals surface area contributed by atoms with Crippen molar-refractivity contribution < 1.29 is 18.3 Å². The van der Waals surface area contributed by atoms with Gasteiger partial charge in [0, 0.05) is 36.4 Å². The standard InChI is InChI=1S/C31H46N4O4S.ClH/c1-3-31(15-9-6-10-16-31)33-23-29(36)28(19-24-13-7-5-8-14-24)34-30(37)25-20-26(32-4-2)22-27(21-25)35-17-11-12-18-40(35,38)39;/h5,7-8,13-14,20-22,28-29,32-33,36H,3-4,6,9-12,15-19,23H2,1-2H3,(H,34,37);1H/t28-,29+;/m0./s1. The first-order valence-electron chi connectivity index (χ1n) is 14.9. The van der Waals surface area contributed by atoms with Crippen LogP contribution in [-0.4, -0.2) is 62.5 Å². The summed E-state index contributed by atoms with van der Waals surface area (Å²) in [4.78, 5) is 13.7. The zero-order valence-corrected chi connectivity index (χ0v) is 26.0. The highest BCUT2D eigenvalue weighted by Gasteiger charge is 2.32. The van der Waals surface area contributed by atoms with Crippen molar-refractivity contribution in [1.82, 2.24) is 10.6 Å². The zero-order valence-electron chi connectivity index (χ0n) is 24.4. The van der Waals surface area contributed by atoms with Gasteiger partial charge in [0.1, 0.15) is 0 Å². The van der Waals surface area contributed by atoms with Crippen LogP contribution in [0.4, 0.5) is 11.4 Å². The molecule has 1 saturated heterocycles. The maximum atomic E-state index is 13.7. The molecule has 0 radical (unpaired) electrons. The number of hydrogen-bond acceptors (Lipinski definition) is 6. The van der Waals surface area contributed by atoms with Gasteiger partial charge in [-0.05, 0) is 69.2 Å². The van der Waals surface area contributed by atoms with Gasteiger partial charge in [-0.3, -0.25) is 9.10 Å². The number of nitrogens with zero attached hydrogens (tertiary/aromatic N) is 1. The van der Waals surface area contributed by atoms with Crippen LogP contribution in [0.1, 0.15) is 81.1 Å². The number of β-amino-alcohol motifs (C(OH)–C–C–N with tert-alkyl or cyclic N) is 1. The number of sulfonamides is 1. The van der Waals surface area contributed by atoms with Crippen LogP contribution in [0.15, 0.2) is 48.5 Å². The van der Waals surface area contributed by atoms with E-state index in [4.69, 9.17) is 0 Å². The second-order valence-corrected chi connectivity index (χ2v) is 13.3. The summed E-state index contributed by atoms with van der Waals surface area (Å²) >= 11 is 0.